The van der Waals surface area contributed by atoms with Gasteiger partial charge in [-0.05, 0) is 56.9 Å². The number of rotatable bonds is 4. The third kappa shape index (κ3) is 3.20. The van der Waals surface area contributed by atoms with E-state index in [1.165, 1.54) is 51.4 Å². The summed E-state index contributed by atoms with van der Waals surface area (Å²) >= 11 is 0. The van der Waals surface area contributed by atoms with Gasteiger partial charge < -0.3 is 14.8 Å². The summed E-state index contributed by atoms with van der Waals surface area (Å²) in [6.45, 7) is 6.21. The predicted molar refractivity (Wildman–Crippen MR) is 80.9 cm³/mol. The minimum Gasteiger partial charge on any atom is -0.381 e. The molecule has 3 unspecified atom stereocenters. The average Bonchev–Trinajstić information content (AvgIpc) is 2.93. The van der Waals surface area contributed by atoms with E-state index in [0.29, 0.717) is 12.0 Å². The Morgan fingerprint density at radius 1 is 1.10 bits per heavy atom. The highest BCUT2D eigenvalue weighted by Crippen LogP contribution is 2.44. The molecule has 3 nitrogen and oxygen atoms in total. The predicted octanol–water partition coefficient (Wildman–Crippen LogP) is 3.13. The molecule has 1 spiro atoms. The summed E-state index contributed by atoms with van der Waals surface area (Å²) < 4.78 is 12.0. The highest BCUT2D eigenvalue weighted by Gasteiger charge is 2.43. The molecule has 0 aromatic rings. The molecular formula is C17H31NO2. The highest BCUT2D eigenvalue weighted by atomic mass is 16.5. The summed E-state index contributed by atoms with van der Waals surface area (Å²) in [7, 11) is 0. The Balaban J connectivity index is 1.66. The molecule has 20 heavy (non-hydrogen) atoms. The first-order valence-corrected chi connectivity index (χ1v) is 8.78. The Bertz CT molecular complexity index is 295. The summed E-state index contributed by atoms with van der Waals surface area (Å²) in [6, 6.07) is 0.640. The Labute approximate surface area is 123 Å². The van der Waals surface area contributed by atoms with Crippen LogP contribution in [0.2, 0.25) is 0 Å². The second kappa shape index (κ2) is 6.76. The average molecular weight is 281 g/mol. The van der Waals surface area contributed by atoms with Gasteiger partial charge in [-0.25, -0.2) is 0 Å². The highest BCUT2D eigenvalue weighted by molar-refractivity contribution is 4.96. The van der Waals surface area contributed by atoms with E-state index in [4.69, 9.17) is 9.47 Å². The molecular weight excluding hydrogens is 250 g/mol. The maximum Gasteiger partial charge on any atom is 0.0685 e. The molecule has 2 aliphatic heterocycles. The van der Waals surface area contributed by atoms with Crippen molar-refractivity contribution >= 4 is 0 Å². The van der Waals surface area contributed by atoms with Crippen LogP contribution in [0.25, 0.3) is 0 Å². The van der Waals surface area contributed by atoms with Crippen molar-refractivity contribution in [3.63, 3.8) is 0 Å². The van der Waals surface area contributed by atoms with Gasteiger partial charge in [0.25, 0.3) is 0 Å². The van der Waals surface area contributed by atoms with Gasteiger partial charge in [-0.2, -0.15) is 0 Å². The molecule has 0 amide bonds. The lowest BCUT2D eigenvalue weighted by Gasteiger charge is -2.44. The molecule has 3 heteroatoms. The van der Waals surface area contributed by atoms with Gasteiger partial charge in [0, 0.05) is 19.3 Å². The Morgan fingerprint density at radius 3 is 2.65 bits per heavy atom. The number of ether oxygens (including phenoxy) is 2. The fraction of sp³-hybridized carbons (Fsp3) is 1.00. The summed E-state index contributed by atoms with van der Waals surface area (Å²) in [6.07, 6.45) is 10.4. The molecule has 116 valence electrons. The van der Waals surface area contributed by atoms with Gasteiger partial charge in [-0.3, -0.25) is 0 Å². The van der Waals surface area contributed by atoms with Crippen molar-refractivity contribution in [1.29, 1.82) is 0 Å². The maximum absolute atomic E-state index is 6.21. The van der Waals surface area contributed by atoms with Crippen molar-refractivity contribution in [2.45, 2.75) is 69.9 Å². The van der Waals surface area contributed by atoms with Crippen molar-refractivity contribution < 1.29 is 9.47 Å². The van der Waals surface area contributed by atoms with Crippen LogP contribution in [0.15, 0.2) is 0 Å². The van der Waals surface area contributed by atoms with Crippen molar-refractivity contribution in [2.24, 2.45) is 11.8 Å². The first-order chi connectivity index (χ1) is 9.83. The van der Waals surface area contributed by atoms with Gasteiger partial charge in [-0.1, -0.05) is 19.8 Å². The second-order valence-corrected chi connectivity index (χ2v) is 7.05. The smallest absolute Gasteiger partial charge is 0.0685 e. The van der Waals surface area contributed by atoms with Crippen LogP contribution in [0.5, 0.6) is 0 Å². The topological polar surface area (TPSA) is 30.5 Å². The van der Waals surface area contributed by atoms with E-state index in [-0.39, 0.29) is 5.60 Å². The van der Waals surface area contributed by atoms with Crippen LogP contribution in [-0.4, -0.2) is 38.0 Å². The van der Waals surface area contributed by atoms with Gasteiger partial charge in [0.2, 0.25) is 0 Å². The molecule has 2 saturated heterocycles. The lowest BCUT2D eigenvalue weighted by atomic mass is 9.75. The molecule has 2 heterocycles. The van der Waals surface area contributed by atoms with Crippen molar-refractivity contribution in [2.75, 3.05) is 26.4 Å². The molecule has 3 fully saturated rings. The first kappa shape index (κ1) is 14.8. The van der Waals surface area contributed by atoms with E-state index in [1.54, 1.807) is 0 Å². The van der Waals surface area contributed by atoms with Crippen LogP contribution in [0, 0.1) is 11.8 Å². The Morgan fingerprint density at radius 2 is 1.95 bits per heavy atom. The van der Waals surface area contributed by atoms with E-state index in [9.17, 15) is 0 Å². The SMILES string of the molecule is CCNC(C1CCCOC1)C1CCOC2(CCCC2)C1. The summed E-state index contributed by atoms with van der Waals surface area (Å²) in [5.41, 5.74) is 0.242. The molecule has 3 atom stereocenters. The van der Waals surface area contributed by atoms with Gasteiger partial charge in [-0.15, -0.1) is 0 Å². The molecule has 0 bridgehead atoms. The van der Waals surface area contributed by atoms with Crippen LogP contribution in [0.3, 0.4) is 0 Å². The van der Waals surface area contributed by atoms with Crippen molar-refractivity contribution in [3.8, 4) is 0 Å². The zero-order valence-corrected chi connectivity index (χ0v) is 13.0. The van der Waals surface area contributed by atoms with Gasteiger partial charge >= 0.3 is 0 Å². The molecule has 0 aromatic carbocycles. The van der Waals surface area contributed by atoms with E-state index < -0.39 is 0 Å². The zero-order valence-electron chi connectivity index (χ0n) is 13.0. The van der Waals surface area contributed by atoms with Gasteiger partial charge in [0.05, 0.1) is 12.2 Å². The number of nitrogens with one attached hydrogen (secondary N) is 1. The molecule has 1 saturated carbocycles. The Hall–Kier alpha value is -0.120. The van der Waals surface area contributed by atoms with Crippen LogP contribution in [0.1, 0.15) is 58.3 Å². The monoisotopic (exact) mass is 281 g/mol. The maximum atomic E-state index is 6.21. The minimum atomic E-state index is 0.242. The van der Waals surface area contributed by atoms with Gasteiger partial charge in [0.15, 0.2) is 0 Å². The van der Waals surface area contributed by atoms with E-state index >= 15 is 0 Å². The fourth-order valence-electron chi connectivity index (χ4n) is 4.74. The lowest BCUT2D eigenvalue weighted by Crippen LogP contribution is -2.50. The third-order valence-corrected chi connectivity index (χ3v) is 5.70. The third-order valence-electron chi connectivity index (χ3n) is 5.70. The summed E-state index contributed by atoms with van der Waals surface area (Å²) in [5, 5.41) is 3.79. The van der Waals surface area contributed by atoms with Crippen molar-refractivity contribution in [1.82, 2.24) is 5.32 Å². The van der Waals surface area contributed by atoms with Crippen LogP contribution < -0.4 is 5.32 Å². The molecule has 0 radical (unpaired) electrons. The summed E-state index contributed by atoms with van der Waals surface area (Å²) in [5.74, 6) is 1.50. The van der Waals surface area contributed by atoms with Crippen molar-refractivity contribution in [3.05, 3.63) is 0 Å². The number of hydrogen-bond acceptors (Lipinski definition) is 3. The van der Waals surface area contributed by atoms with Crippen LogP contribution in [-0.2, 0) is 9.47 Å². The summed E-state index contributed by atoms with van der Waals surface area (Å²) in [4.78, 5) is 0. The minimum absolute atomic E-state index is 0.242. The van der Waals surface area contributed by atoms with E-state index in [1.807, 2.05) is 0 Å². The van der Waals surface area contributed by atoms with Gasteiger partial charge in [0.1, 0.15) is 0 Å². The largest absolute Gasteiger partial charge is 0.381 e. The van der Waals surface area contributed by atoms with Crippen LogP contribution in [0.4, 0.5) is 0 Å². The molecule has 3 rings (SSSR count). The quantitative estimate of drug-likeness (QED) is 0.859. The van der Waals surface area contributed by atoms with E-state index in [0.717, 1.165) is 32.3 Å². The zero-order chi connectivity index (χ0) is 13.8. The van der Waals surface area contributed by atoms with Crippen LogP contribution >= 0.6 is 0 Å². The number of hydrogen-bond donors (Lipinski definition) is 1. The fourth-order valence-corrected chi connectivity index (χ4v) is 4.74. The second-order valence-electron chi connectivity index (χ2n) is 7.05. The molecule has 1 aliphatic carbocycles. The lowest BCUT2D eigenvalue weighted by molar-refractivity contribution is -0.105. The normalized spacial score (nSPS) is 35.2. The molecule has 0 aromatic heterocycles. The molecule has 3 aliphatic rings. The molecule has 1 N–H and O–H groups in total. The Kier molecular flexibility index (Phi) is 5.00. The first-order valence-electron chi connectivity index (χ1n) is 8.78. The van der Waals surface area contributed by atoms with E-state index in [2.05, 4.69) is 12.2 Å². The standard InChI is InChI=1S/C17H31NO2/c1-2-18-16(15-6-5-10-19-13-15)14-7-11-20-17(12-14)8-3-4-9-17/h14-16,18H,2-13H2,1H3.